The lowest BCUT2D eigenvalue weighted by molar-refractivity contribution is -0.190. The van der Waals surface area contributed by atoms with Gasteiger partial charge in [0.25, 0.3) is 0 Å². The minimum Gasteiger partial charge on any atom is -0.451 e. The third kappa shape index (κ3) is 5.93. The lowest BCUT2D eigenvalue weighted by Gasteiger charge is -2.27. The fourth-order valence-electron chi connectivity index (χ4n) is 2.61. The number of nitrogens with one attached hydrogen (secondary N) is 1. The molecule has 2 heterocycles. The van der Waals surface area contributed by atoms with Gasteiger partial charge in [-0.05, 0) is 19.1 Å². The van der Waals surface area contributed by atoms with Crippen LogP contribution in [0.5, 0.6) is 6.01 Å². The van der Waals surface area contributed by atoms with Crippen LogP contribution in [0.15, 0.2) is 36.1 Å². The van der Waals surface area contributed by atoms with Crippen LogP contribution in [0.1, 0.15) is 20.8 Å². The van der Waals surface area contributed by atoms with Crippen LogP contribution in [-0.2, 0) is 4.74 Å². The van der Waals surface area contributed by atoms with E-state index in [0.717, 1.165) is 6.92 Å². The highest BCUT2D eigenvalue weighted by atomic mass is 19.4. The molecule has 1 aromatic heterocycles. The van der Waals surface area contributed by atoms with E-state index in [-0.39, 0.29) is 23.3 Å². The zero-order chi connectivity index (χ0) is 21.1. The van der Waals surface area contributed by atoms with Gasteiger partial charge < -0.3 is 19.7 Å². The Hall–Kier alpha value is -2.62. The molecule has 29 heavy (non-hydrogen) atoms. The lowest BCUT2D eigenvalue weighted by atomic mass is 9.93. The van der Waals surface area contributed by atoms with E-state index in [4.69, 9.17) is 9.47 Å². The van der Waals surface area contributed by atoms with Crippen LogP contribution in [0, 0.1) is 5.41 Å². The van der Waals surface area contributed by atoms with Crippen LogP contribution in [-0.4, -0.2) is 53.5 Å². The van der Waals surface area contributed by atoms with E-state index in [0.29, 0.717) is 32.0 Å². The van der Waals surface area contributed by atoms with Crippen LogP contribution in [0.2, 0.25) is 0 Å². The molecule has 10 heteroatoms. The maximum Gasteiger partial charge on any atom is 0.425 e. The van der Waals surface area contributed by atoms with Crippen LogP contribution in [0.3, 0.4) is 0 Å². The molecule has 1 atom stereocenters. The molecular formula is C19H24F3N5O2. The maximum atomic E-state index is 12.9. The van der Waals surface area contributed by atoms with Gasteiger partial charge in [-0.2, -0.15) is 28.1 Å². The Kier molecular flexibility index (Phi) is 6.11. The summed E-state index contributed by atoms with van der Waals surface area (Å²) in [6.07, 6.45) is 3.07. The smallest absolute Gasteiger partial charge is 0.425 e. The normalized spacial score (nSPS) is 20.1. The number of alkyl halides is 3. The quantitative estimate of drug-likeness (QED) is 0.795. The number of allylic oxidation sites excluding steroid dienone is 5. The van der Waals surface area contributed by atoms with E-state index >= 15 is 0 Å². The Morgan fingerprint density at radius 1 is 1.17 bits per heavy atom. The molecular weight excluding hydrogens is 387 g/mol. The summed E-state index contributed by atoms with van der Waals surface area (Å²) in [7, 11) is 0. The van der Waals surface area contributed by atoms with E-state index in [2.05, 4.69) is 34.1 Å². The molecule has 0 aromatic carbocycles. The van der Waals surface area contributed by atoms with Crippen molar-refractivity contribution in [2.45, 2.75) is 33.1 Å². The molecule has 2 aliphatic rings. The minimum absolute atomic E-state index is 0.106. The van der Waals surface area contributed by atoms with Crippen molar-refractivity contribution >= 4 is 11.9 Å². The molecule has 1 N–H and O–H groups in total. The topological polar surface area (TPSA) is 72.4 Å². The van der Waals surface area contributed by atoms with E-state index in [1.54, 1.807) is 0 Å². The monoisotopic (exact) mass is 411 g/mol. The number of hydrogen-bond acceptors (Lipinski definition) is 7. The summed E-state index contributed by atoms with van der Waals surface area (Å²) in [6.45, 7) is 7.04. The first-order chi connectivity index (χ1) is 13.6. The van der Waals surface area contributed by atoms with E-state index < -0.39 is 12.3 Å². The van der Waals surface area contributed by atoms with Gasteiger partial charge in [0.05, 0.1) is 13.2 Å². The molecule has 0 saturated carbocycles. The standard InChI is InChI=1S/C19H24F3N5O2/c1-13(19(20,21)22)29-17-25-15(23-14-5-4-7-18(2,3)8-6-14)24-16(26-17)27-9-11-28-12-10-27/h4-8,13H,9-12H2,1-3H3,(H,23,24,25,26). The van der Waals surface area contributed by atoms with Crippen molar-refractivity contribution in [3.05, 3.63) is 36.1 Å². The van der Waals surface area contributed by atoms with Crippen LogP contribution in [0.4, 0.5) is 25.1 Å². The van der Waals surface area contributed by atoms with Gasteiger partial charge >= 0.3 is 12.2 Å². The number of ether oxygens (including phenoxy) is 2. The molecule has 7 nitrogen and oxygen atoms in total. The number of aromatic nitrogens is 3. The first-order valence-electron chi connectivity index (χ1n) is 9.30. The average Bonchev–Trinajstić information content (AvgIpc) is 2.82. The summed E-state index contributed by atoms with van der Waals surface area (Å²) in [5, 5.41) is 3.03. The van der Waals surface area contributed by atoms with Gasteiger partial charge in [-0.25, -0.2) is 0 Å². The highest BCUT2D eigenvalue weighted by Gasteiger charge is 2.39. The van der Waals surface area contributed by atoms with E-state index in [9.17, 15) is 13.2 Å². The van der Waals surface area contributed by atoms with Gasteiger partial charge in [-0.1, -0.05) is 32.1 Å². The third-order valence-corrected chi connectivity index (χ3v) is 4.39. The molecule has 0 radical (unpaired) electrons. The van der Waals surface area contributed by atoms with Crippen molar-refractivity contribution in [3.63, 3.8) is 0 Å². The van der Waals surface area contributed by atoms with Gasteiger partial charge in [0.2, 0.25) is 11.9 Å². The summed E-state index contributed by atoms with van der Waals surface area (Å²) in [4.78, 5) is 14.3. The average molecular weight is 411 g/mol. The van der Waals surface area contributed by atoms with Gasteiger partial charge in [0.1, 0.15) is 0 Å². The fraction of sp³-hybridized carbons (Fsp3) is 0.526. The van der Waals surface area contributed by atoms with Gasteiger partial charge in [0.15, 0.2) is 6.10 Å². The van der Waals surface area contributed by atoms with Crippen molar-refractivity contribution in [3.8, 4) is 6.01 Å². The highest BCUT2D eigenvalue weighted by Crippen LogP contribution is 2.26. The molecule has 1 aromatic rings. The number of morpholine rings is 1. The Balaban J connectivity index is 1.87. The summed E-state index contributed by atoms with van der Waals surface area (Å²) in [5.41, 5.74) is 0.578. The SMILES string of the molecule is CC(Oc1nc(NC2=CC=CC(C)(C)C=C2)nc(N2CCOCC2)n1)C(F)(F)F. The zero-order valence-corrected chi connectivity index (χ0v) is 16.5. The summed E-state index contributed by atoms with van der Waals surface area (Å²) in [5.74, 6) is 0.346. The second kappa shape index (κ2) is 8.40. The van der Waals surface area contributed by atoms with E-state index in [1.807, 2.05) is 35.3 Å². The Bertz CT molecular complexity index is 815. The number of rotatable bonds is 5. The van der Waals surface area contributed by atoms with Gasteiger partial charge in [0, 0.05) is 24.2 Å². The predicted molar refractivity (Wildman–Crippen MR) is 103 cm³/mol. The van der Waals surface area contributed by atoms with Crippen molar-refractivity contribution in [1.82, 2.24) is 15.0 Å². The van der Waals surface area contributed by atoms with Crippen molar-refractivity contribution in [2.75, 3.05) is 36.5 Å². The molecule has 158 valence electrons. The summed E-state index contributed by atoms with van der Waals surface area (Å²) < 4.78 is 49.0. The maximum absolute atomic E-state index is 12.9. The fourth-order valence-corrected chi connectivity index (χ4v) is 2.61. The van der Waals surface area contributed by atoms with Crippen molar-refractivity contribution in [1.29, 1.82) is 0 Å². The minimum atomic E-state index is -4.53. The number of anilines is 2. The Labute approximate surface area is 167 Å². The molecule has 0 bridgehead atoms. The first kappa shape index (κ1) is 21.1. The second-order valence-electron chi connectivity index (χ2n) is 7.40. The number of hydrogen-bond donors (Lipinski definition) is 1. The molecule has 3 rings (SSSR count). The Morgan fingerprint density at radius 2 is 1.90 bits per heavy atom. The molecule has 1 aliphatic carbocycles. The van der Waals surface area contributed by atoms with Crippen molar-refractivity contribution < 1.29 is 22.6 Å². The molecule has 1 aliphatic heterocycles. The Morgan fingerprint density at radius 3 is 2.59 bits per heavy atom. The molecule has 0 amide bonds. The van der Waals surface area contributed by atoms with Crippen LogP contribution < -0.4 is 15.0 Å². The third-order valence-electron chi connectivity index (χ3n) is 4.39. The molecule has 1 fully saturated rings. The molecule has 0 spiro atoms. The summed E-state index contributed by atoms with van der Waals surface area (Å²) >= 11 is 0. The predicted octanol–water partition coefficient (Wildman–Crippen LogP) is 3.49. The van der Waals surface area contributed by atoms with Gasteiger partial charge in [-0.3, -0.25) is 0 Å². The number of halogens is 3. The summed E-state index contributed by atoms with van der Waals surface area (Å²) in [6, 6.07) is -0.386. The largest absolute Gasteiger partial charge is 0.451 e. The van der Waals surface area contributed by atoms with Crippen molar-refractivity contribution in [2.24, 2.45) is 5.41 Å². The van der Waals surface area contributed by atoms with Gasteiger partial charge in [-0.15, -0.1) is 0 Å². The van der Waals surface area contributed by atoms with Crippen LogP contribution >= 0.6 is 0 Å². The van der Waals surface area contributed by atoms with Crippen LogP contribution in [0.25, 0.3) is 0 Å². The highest BCUT2D eigenvalue weighted by molar-refractivity contribution is 5.47. The molecule has 1 unspecified atom stereocenters. The first-order valence-corrected chi connectivity index (χ1v) is 9.30. The lowest BCUT2D eigenvalue weighted by Crippen LogP contribution is -2.38. The second-order valence-corrected chi connectivity index (χ2v) is 7.40. The zero-order valence-electron chi connectivity index (χ0n) is 16.5. The number of nitrogens with zero attached hydrogens (tertiary/aromatic N) is 4. The molecule has 1 saturated heterocycles. The van der Waals surface area contributed by atoms with E-state index in [1.165, 1.54) is 0 Å².